The Balaban J connectivity index is 2.34. The van der Waals surface area contributed by atoms with Gasteiger partial charge in [0.15, 0.2) is 0 Å². The predicted molar refractivity (Wildman–Crippen MR) is 75.6 cm³/mol. The number of alkyl carbamates (subject to hydrolysis) is 1. The van der Waals surface area contributed by atoms with Gasteiger partial charge in [0.1, 0.15) is 18.0 Å². The largest absolute Gasteiger partial charge is 0.491 e. The van der Waals surface area contributed by atoms with Gasteiger partial charge in [0.05, 0.1) is 6.54 Å². The lowest BCUT2D eigenvalue weighted by molar-refractivity contribution is 0.0520. The number of aryl methyl sites for hydroxylation is 2. The lowest BCUT2D eigenvalue weighted by Crippen LogP contribution is -2.34. The summed E-state index contributed by atoms with van der Waals surface area (Å²) in [5.41, 5.74) is 1.71. The molecule has 106 valence electrons. The lowest BCUT2D eigenvalue weighted by Gasteiger charge is -2.19. The fraction of sp³-hybridized carbons (Fsp3) is 0.533. The van der Waals surface area contributed by atoms with Crippen LogP contribution in [0.25, 0.3) is 0 Å². The third-order valence-electron chi connectivity index (χ3n) is 2.43. The molecule has 0 saturated heterocycles. The Bertz CT molecular complexity index is 415. The molecule has 4 heteroatoms. The molecule has 19 heavy (non-hydrogen) atoms. The van der Waals surface area contributed by atoms with Crippen molar-refractivity contribution in [2.24, 2.45) is 0 Å². The van der Waals surface area contributed by atoms with Crippen molar-refractivity contribution in [3.05, 3.63) is 29.3 Å². The highest BCUT2D eigenvalue weighted by molar-refractivity contribution is 5.67. The van der Waals surface area contributed by atoms with Crippen LogP contribution >= 0.6 is 0 Å². The van der Waals surface area contributed by atoms with Crippen molar-refractivity contribution in [3.63, 3.8) is 0 Å². The van der Waals surface area contributed by atoms with Crippen LogP contribution in [0.4, 0.5) is 4.79 Å². The number of hydrogen-bond donors (Lipinski definition) is 1. The fourth-order valence-electron chi connectivity index (χ4n) is 1.65. The second-order valence-electron chi connectivity index (χ2n) is 5.50. The number of hydrogen-bond acceptors (Lipinski definition) is 3. The summed E-state index contributed by atoms with van der Waals surface area (Å²) in [6, 6.07) is 6.00. The zero-order valence-corrected chi connectivity index (χ0v) is 12.4. The number of ether oxygens (including phenoxy) is 2. The molecule has 0 aromatic heterocycles. The number of para-hydroxylation sites is 1. The molecule has 0 atom stereocenters. The highest BCUT2D eigenvalue weighted by atomic mass is 16.6. The minimum absolute atomic E-state index is 0.419. The van der Waals surface area contributed by atoms with E-state index in [-0.39, 0.29) is 0 Å². The number of benzene rings is 1. The molecule has 0 fully saturated rings. The Morgan fingerprint density at radius 1 is 1.21 bits per heavy atom. The van der Waals surface area contributed by atoms with Crippen molar-refractivity contribution < 1.29 is 14.3 Å². The van der Waals surface area contributed by atoms with Gasteiger partial charge in [0, 0.05) is 0 Å². The molecular formula is C15H23NO3. The predicted octanol–water partition coefficient (Wildman–Crippen LogP) is 3.21. The van der Waals surface area contributed by atoms with Gasteiger partial charge in [0.2, 0.25) is 0 Å². The highest BCUT2D eigenvalue weighted by Gasteiger charge is 2.15. The van der Waals surface area contributed by atoms with Gasteiger partial charge in [-0.2, -0.15) is 0 Å². The highest BCUT2D eigenvalue weighted by Crippen LogP contribution is 2.21. The second kappa shape index (κ2) is 6.45. The zero-order valence-electron chi connectivity index (χ0n) is 12.4. The molecule has 1 rings (SSSR count). The molecule has 0 aliphatic carbocycles. The topological polar surface area (TPSA) is 47.6 Å². The maximum absolute atomic E-state index is 11.4. The number of rotatable bonds is 4. The maximum atomic E-state index is 11.4. The summed E-state index contributed by atoms with van der Waals surface area (Å²) in [7, 11) is 0. The minimum Gasteiger partial charge on any atom is -0.491 e. The number of nitrogens with one attached hydrogen (secondary N) is 1. The van der Waals surface area contributed by atoms with Crippen LogP contribution < -0.4 is 10.1 Å². The smallest absolute Gasteiger partial charge is 0.407 e. The molecule has 0 aliphatic rings. The van der Waals surface area contributed by atoms with Crippen molar-refractivity contribution in [2.45, 2.75) is 40.2 Å². The summed E-state index contributed by atoms with van der Waals surface area (Å²) >= 11 is 0. The Hall–Kier alpha value is -1.71. The average Bonchev–Trinajstić information content (AvgIpc) is 2.25. The van der Waals surface area contributed by atoms with Crippen molar-refractivity contribution in [2.75, 3.05) is 13.2 Å². The van der Waals surface area contributed by atoms with E-state index in [0.717, 1.165) is 16.9 Å². The molecule has 1 N–H and O–H groups in total. The maximum Gasteiger partial charge on any atom is 0.407 e. The van der Waals surface area contributed by atoms with Gasteiger partial charge in [-0.25, -0.2) is 4.79 Å². The van der Waals surface area contributed by atoms with Gasteiger partial charge in [-0.05, 0) is 45.7 Å². The summed E-state index contributed by atoms with van der Waals surface area (Å²) in [6.07, 6.45) is -0.419. The SMILES string of the molecule is Cc1cccc(C)c1OCCNC(=O)OC(C)(C)C. The van der Waals surface area contributed by atoms with Crippen LogP contribution in [0, 0.1) is 13.8 Å². The Morgan fingerprint density at radius 3 is 2.32 bits per heavy atom. The second-order valence-corrected chi connectivity index (χ2v) is 5.50. The third kappa shape index (κ3) is 5.64. The van der Waals surface area contributed by atoms with Crippen molar-refractivity contribution in [1.82, 2.24) is 5.32 Å². The van der Waals surface area contributed by atoms with E-state index in [1.807, 2.05) is 52.8 Å². The first-order valence-corrected chi connectivity index (χ1v) is 6.45. The van der Waals surface area contributed by atoms with E-state index in [2.05, 4.69) is 5.32 Å². The van der Waals surface area contributed by atoms with Crippen molar-refractivity contribution in [3.8, 4) is 5.75 Å². The molecule has 0 heterocycles. The van der Waals surface area contributed by atoms with Gasteiger partial charge in [0.25, 0.3) is 0 Å². The first kappa shape index (κ1) is 15.3. The monoisotopic (exact) mass is 265 g/mol. The molecule has 1 aromatic carbocycles. The van der Waals surface area contributed by atoms with Gasteiger partial charge in [-0.1, -0.05) is 18.2 Å². The van der Waals surface area contributed by atoms with Crippen LogP contribution in [-0.2, 0) is 4.74 Å². The standard InChI is InChI=1S/C15H23NO3/c1-11-7-6-8-12(2)13(11)18-10-9-16-14(17)19-15(3,4)5/h6-8H,9-10H2,1-5H3,(H,16,17). The van der Waals surface area contributed by atoms with E-state index in [4.69, 9.17) is 9.47 Å². The number of carbonyl (C=O) groups is 1. The quantitative estimate of drug-likeness (QED) is 0.850. The molecule has 1 aromatic rings. The Labute approximate surface area is 115 Å². The Morgan fingerprint density at radius 2 is 1.79 bits per heavy atom. The Kier molecular flexibility index (Phi) is 5.21. The van der Waals surface area contributed by atoms with Crippen molar-refractivity contribution >= 4 is 6.09 Å². The van der Waals surface area contributed by atoms with E-state index in [9.17, 15) is 4.79 Å². The van der Waals surface area contributed by atoms with Gasteiger partial charge in [-0.3, -0.25) is 0 Å². The van der Waals surface area contributed by atoms with Gasteiger partial charge < -0.3 is 14.8 Å². The molecule has 0 unspecified atom stereocenters. The van der Waals surface area contributed by atoms with E-state index in [1.165, 1.54) is 0 Å². The summed E-state index contributed by atoms with van der Waals surface area (Å²) in [4.78, 5) is 11.4. The summed E-state index contributed by atoms with van der Waals surface area (Å²) in [5, 5.41) is 2.66. The van der Waals surface area contributed by atoms with Crippen LogP contribution in [-0.4, -0.2) is 24.8 Å². The van der Waals surface area contributed by atoms with Crippen LogP contribution in [0.3, 0.4) is 0 Å². The molecule has 0 spiro atoms. The molecule has 1 amide bonds. The molecule has 0 radical (unpaired) electrons. The number of carbonyl (C=O) groups excluding carboxylic acids is 1. The first-order chi connectivity index (χ1) is 8.79. The molecular weight excluding hydrogens is 242 g/mol. The van der Waals surface area contributed by atoms with Crippen LogP contribution in [0.5, 0.6) is 5.75 Å². The minimum atomic E-state index is -0.475. The lowest BCUT2D eigenvalue weighted by atomic mass is 10.1. The molecule has 0 bridgehead atoms. The zero-order chi connectivity index (χ0) is 14.5. The van der Waals surface area contributed by atoms with E-state index >= 15 is 0 Å². The third-order valence-corrected chi connectivity index (χ3v) is 2.43. The molecule has 0 saturated carbocycles. The van der Waals surface area contributed by atoms with Crippen LogP contribution in [0.2, 0.25) is 0 Å². The van der Waals surface area contributed by atoms with E-state index < -0.39 is 11.7 Å². The summed E-state index contributed by atoms with van der Waals surface area (Å²) in [6.45, 7) is 10.3. The average molecular weight is 265 g/mol. The fourth-order valence-corrected chi connectivity index (χ4v) is 1.65. The summed E-state index contributed by atoms with van der Waals surface area (Å²) < 4.78 is 10.8. The van der Waals surface area contributed by atoms with Crippen molar-refractivity contribution in [1.29, 1.82) is 0 Å². The van der Waals surface area contributed by atoms with E-state index in [1.54, 1.807) is 0 Å². The first-order valence-electron chi connectivity index (χ1n) is 6.45. The molecule has 4 nitrogen and oxygen atoms in total. The van der Waals surface area contributed by atoms with Crippen LogP contribution in [0.15, 0.2) is 18.2 Å². The summed E-state index contributed by atoms with van der Waals surface area (Å²) in [5.74, 6) is 0.883. The number of amides is 1. The van der Waals surface area contributed by atoms with Gasteiger partial charge >= 0.3 is 6.09 Å². The normalized spacial score (nSPS) is 11.0. The molecule has 0 aliphatic heterocycles. The van der Waals surface area contributed by atoms with Gasteiger partial charge in [-0.15, -0.1) is 0 Å². The van der Waals surface area contributed by atoms with E-state index in [0.29, 0.717) is 13.2 Å². The van der Waals surface area contributed by atoms with Crippen LogP contribution in [0.1, 0.15) is 31.9 Å².